The summed E-state index contributed by atoms with van der Waals surface area (Å²) < 4.78 is 18.3. The third kappa shape index (κ3) is 4.96. The summed E-state index contributed by atoms with van der Waals surface area (Å²) in [5, 5.41) is 15.6. The summed E-state index contributed by atoms with van der Waals surface area (Å²) in [6.45, 7) is 4.09. The Morgan fingerprint density at radius 1 is 1.25 bits per heavy atom. The molecule has 2 aromatic rings. The molecule has 0 spiro atoms. The van der Waals surface area contributed by atoms with Crippen molar-refractivity contribution < 1.29 is 19.0 Å². The zero-order valence-corrected chi connectivity index (χ0v) is 13.6. The normalized spacial score (nSPS) is 13.0. The van der Waals surface area contributed by atoms with Crippen LogP contribution in [0.15, 0.2) is 48.5 Å². The van der Waals surface area contributed by atoms with Crippen LogP contribution in [-0.4, -0.2) is 23.8 Å². The van der Waals surface area contributed by atoms with E-state index in [2.05, 4.69) is 10.6 Å². The first-order valence-corrected chi connectivity index (χ1v) is 7.73. The largest absolute Gasteiger partial charge is 0.494 e. The predicted octanol–water partition coefficient (Wildman–Crippen LogP) is 3.47. The third-order valence-electron chi connectivity index (χ3n) is 3.45. The minimum atomic E-state index is -0.939. The SMILES string of the molecule is CCOc1cccc(NC(=O)NC(C)C(O)c2ccc(F)cc2)c1. The quantitative estimate of drug-likeness (QED) is 0.758. The Morgan fingerprint density at radius 2 is 1.96 bits per heavy atom. The average molecular weight is 332 g/mol. The van der Waals surface area contributed by atoms with Crippen LogP contribution in [0, 0.1) is 5.82 Å². The molecule has 2 amide bonds. The summed E-state index contributed by atoms with van der Waals surface area (Å²) in [5.41, 5.74) is 1.12. The highest BCUT2D eigenvalue weighted by Gasteiger charge is 2.18. The second-order valence-electron chi connectivity index (χ2n) is 5.34. The van der Waals surface area contributed by atoms with Gasteiger partial charge < -0.3 is 20.5 Å². The summed E-state index contributed by atoms with van der Waals surface area (Å²) in [5.74, 6) is 0.285. The van der Waals surface area contributed by atoms with Crippen molar-refractivity contribution in [2.45, 2.75) is 26.0 Å². The van der Waals surface area contributed by atoms with Crippen molar-refractivity contribution in [1.29, 1.82) is 0 Å². The number of anilines is 1. The Kier molecular flexibility index (Phi) is 6.14. The second kappa shape index (κ2) is 8.31. The van der Waals surface area contributed by atoms with Crippen molar-refractivity contribution in [2.75, 3.05) is 11.9 Å². The van der Waals surface area contributed by atoms with Crippen LogP contribution in [0.5, 0.6) is 5.75 Å². The Morgan fingerprint density at radius 3 is 2.62 bits per heavy atom. The van der Waals surface area contributed by atoms with Crippen molar-refractivity contribution in [3.63, 3.8) is 0 Å². The minimum Gasteiger partial charge on any atom is -0.494 e. The van der Waals surface area contributed by atoms with E-state index in [0.29, 0.717) is 23.6 Å². The maximum absolute atomic E-state index is 12.9. The van der Waals surface area contributed by atoms with Gasteiger partial charge in [-0.2, -0.15) is 0 Å². The number of urea groups is 1. The smallest absolute Gasteiger partial charge is 0.319 e. The van der Waals surface area contributed by atoms with Gasteiger partial charge in [-0.25, -0.2) is 9.18 Å². The molecule has 0 fully saturated rings. The summed E-state index contributed by atoms with van der Waals surface area (Å²) in [7, 11) is 0. The third-order valence-corrected chi connectivity index (χ3v) is 3.45. The van der Waals surface area contributed by atoms with E-state index >= 15 is 0 Å². The zero-order chi connectivity index (χ0) is 17.5. The Hall–Kier alpha value is -2.60. The maximum atomic E-state index is 12.9. The number of carbonyl (C=O) groups is 1. The Labute approximate surface area is 140 Å². The van der Waals surface area contributed by atoms with Gasteiger partial charge in [-0.05, 0) is 43.7 Å². The summed E-state index contributed by atoms with van der Waals surface area (Å²) >= 11 is 0. The molecule has 3 N–H and O–H groups in total. The lowest BCUT2D eigenvalue weighted by Crippen LogP contribution is -2.39. The summed E-state index contributed by atoms with van der Waals surface area (Å²) in [4.78, 5) is 12.0. The first-order chi connectivity index (χ1) is 11.5. The summed E-state index contributed by atoms with van der Waals surface area (Å²) in [6, 6.07) is 11.5. The first-order valence-electron chi connectivity index (χ1n) is 7.73. The van der Waals surface area contributed by atoms with Gasteiger partial charge in [0.15, 0.2) is 0 Å². The lowest BCUT2D eigenvalue weighted by atomic mass is 10.0. The van der Waals surface area contributed by atoms with E-state index in [4.69, 9.17) is 4.74 Å². The molecule has 5 nitrogen and oxygen atoms in total. The fraction of sp³-hybridized carbons (Fsp3) is 0.278. The molecule has 0 saturated carbocycles. The molecule has 128 valence electrons. The van der Waals surface area contributed by atoms with E-state index in [9.17, 15) is 14.3 Å². The lowest BCUT2D eigenvalue weighted by molar-refractivity contribution is 0.139. The van der Waals surface area contributed by atoms with Crippen molar-refractivity contribution >= 4 is 11.7 Å². The number of amides is 2. The minimum absolute atomic E-state index is 0.376. The standard InChI is InChI=1S/C18H21FN2O3/c1-3-24-16-6-4-5-15(11-16)21-18(23)20-12(2)17(22)13-7-9-14(19)10-8-13/h4-12,17,22H,3H2,1-2H3,(H2,20,21,23). The molecule has 2 rings (SSSR count). The number of hydrogen-bond donors (Lipinski definition) is 3. The topological polar surface area (TPSA) is 70.6 Å². The number of halogens is 1. The van der Waals surface area contributed by atoms with Crippen molar-refractivity contribution in [2.24, 2.45) is 0 Å². The van der Waals surface area contributed by atoms with Crippen LogP contribution in [0.3, 0.4) is 0 Å². The zero-order valence-electron chi connectivity index (χ0n) is 13.6. The van der Waals surface area contributed by atoms with Gasteiger partial charge in [-0.15, -0.1) is 0 Å². The van der Waals surface area contributed by atoms with Crippen LogP contribution in [0.4, 0.5) is 14.9 Å². The highest BCUT2D eigenvalue weighted by Crippen LogP contribution is 2.19. The number of carbonyl (C=O) groups excluding carboxylic acids is 1. The number of hydrogen-bond acceptors (Lipinski definition) is 3. The molecular weight excluding hydrogens is 311 g/mol. The number of nitrogens with one attached hydrogen (secondary N) is 2. The van der Waals surface area contributed by atoms with Crippen LogP contribution in [0.1, 0.15) is 25.5 Å². The van der Waals surface area contributed by atoms with Gasteiger partial charge in [0, 0.05) is 11.8 Å². The molecule has 0 saturated heterocycles. The van der Waals surface area contributed by atoms with Crippen molar-refractivity contribution in [1.82, 2.24) is 5.32 Å². The van der Waals surface area contributed by atoms with Crippen molar-refractivity contribution in [3.8, 4) is 5.75 Å². The molecule has 0 heterocycles. The fourth-order valence-corrected chi connectivity index (χ4v) is 2.23. The highest BCUT2D eigenvalue weighted by molar-refractivity contribution is 5.89. The van der Waals surface area contributed by atoms with Crippen molar-refractivity contribution in [3.05, 3.63) is 59.9 Å². The molecule has 0 bridgehead atoms. The number of ether oxygens (including phenoxy) is 1. The van der Waals surface area contributed by atoms with E-state index in [1.54, 1.807) is 31.2 Å². The Bertz CT molecular complexity index is 676. The average Bonchev–Trinajstić information content (AvgIpc) is 2.55. The molecule has 2 unspecified atom stereocenters. The number of benzene rings is 2. The molecule has 6 heteroatoms. The van der Waals surface area contributed by atoms with Gasteiger partial charge in [-0.3, -0.25) is 0 Å². The molecular formula is C18H21FN2O3. The molecule has 0 aromatic heterocycles. The van der Waals surface area contributed by atoms with Gasteiger partial charge in [0.25, 0.3) is 0 Å². The first kappa shape index (κ1) is 17.7. The van der Waals surface area contributed by atoms with Crippen LogP contribution in [-0.2, 0) is 0 Å². The molecule has 0 aliphatic carbocycles. The lowest BCUT2D eigenvalue weighted by Gasteiger charge is -2.21. The van der Waals surface area contributed by atoms with Crippen LogP contribution in [0.25, 0.3) is 0 Å². The van der Waals surface area contributed by atoms with Crippen LogP contribution < -0.4 is 15.4 Å². The van der Waals surface area contributed by atoms with E-state index in [1.165, 1.54) is 24.3 Å². The number of aliphatic hydroxyl groups excluding tert-OH is 1. The van der Waals surface area contributed by atoms with E-state index in [1.807, 2.05) is 6.92 Å². The fourth-order valence-electron chi connectivity index (χ4n) is 2.23. The second-order valence-corrected chi connectivity index (χ2v) is 5.34. The van der Waals surface area contributed by atoms with Gasteiger partial charge in [0.1, 0.15) is 11.6 Å². The van der Waals surface area contributed by atoms with E-state index < -0.39 is 18.2 Å². The Balaban J connectivity index is 1.93. The summed E-state index contributed by atoms with van der Waals surface area (Å²) in [6.07, 6.45) is -0.939. The van der Waals surface area contributed by atoms with Crippen LogP contribution >= 0.6 is 0 Å². The predicted molar refractivity (Wildman–Crippen MR) is 90.6 cm³/mol. The highest BCUT2D eigenvalue weighted by atomic mass is 19.1. The monoisotopic (exact) mass is 332 g/mol. The van der Waals surface area contributed by atoms with Gasteiger partial charge in [0.05, 0.1) is 18.8 Å². The molecule has 0 aliphatic rings. The molecule has 2 atom stereocenters. The van der Waals surface area contributed by atoms with Crippen LogP contribution in [0.2, 0.25) is 0 Å². The molecule has 2 aromatic carbocycles. The maximum Gasteiger partial charge on any atom is 0.319 e. The molecule has 24 heavy (non-hydrogen) atoms. The number of rotatable bonds is 6. The van der Waals surface area contributed by atoms with Gasteiger partial charge in [-0.1, -0.05) is 18.2 Å². The van der Waals surface area contributed by atoms with E-state index in [-0.39, 0.29) is 5.82 Å². The molecule has 0 aliphatic heterocycles. The molecule has 0 radical (unpaired) electrons. The van der Waals surface area contributed by atoms with Gasteiger partial charge in [0.2, 0.25) is 0 Å². The van der Waals surface area contributed by atoms with Gasteiger partial charge >= 0.3 is 6.03 Å². The van der Waals surface area contributed by atoms with E-state index in [0.717, 1.165) is 0 Å². The number of aliphatic hydroxyl groups is 1.